The number of anilines is 1. The molecule has 1 heterocycles. The van der Waals surface area contributed by atoms with Crippen molar-refractivity contribution in [1.29, 1.82) is 0 Å². The van der Waals surface area contributed by atoms with Crippen molar-refractivity contribution < 1.29 is 17.9 Å². The summed E-state index contributed by atoms with van der Waals surface area (Å²) in [5.74, 6) is 0.429. The van der Waals surface area contributed by atoms with E-state index in [2.05, 4.69) is 4.72 Å². The number of hydrogen-bond donors (Lipinski definition) is 1. The summed E-state index contributed by atoms with van der Waals surface area (Å²) in [6.07, 6.45) is 1.19. The van der Waals surface area contributed by atoms with Crippen LogP contribution in [0.5, 0.6) is 5.75 Å². The fourth-order valence-electron chi connectivity index (χ4n) is 2.86. The number of methoxy groups -OCH3 is 1. The van der Waals surface area contributed by atoms with E-state index in [1.165, 1.54) is 19.2 Å². The van der Waals surface area contributed by atoms with Gasteiger partial charge < -0.3 is 9.64 Å². The average Bonchev–Trinajstić information content (AvgIpc) is 3.05. The van der Waals surface area contributed by atoms with Crippen LogP contribution in [0.1, 0.15) is 18.4 Å². The molecule has 1 saturated heterocycles. The molecule has 2 aromatic rings. The molecular weight excluding hydrogens is 376 g/mol. The first-order chi connectivity index (χ1) is 12.4. The predicted octanol–water partition coefficient (Wildman–Crippen LogP) is 2.95. The Morgan fingerprint density at radius 2 is 2.04 bits per heavy atom. The van der Waals surface area contributed by atoms with Crippen LogP contribution in [-0.4, -0.2) is 28.0 Å². The highest BCUT2D eigenvalue weighted by Gasteiger charge is 2.26. The first-order valence-electron chi connectivity index (χ1n) is 8.13. The Bertz CT molecular complexity index is 931. The summed E-state index contributed by atoms with van der Waals surface area (Å²) in [6.45, 7) is 0.668. The van der Waals surface area contributed by atoms with E-state index in [0.717, 1.165) is 12.0 Å². The number of nitrogens with zero attached hydrogens (tertiary/aromatic N) is 1. The number of ether oxygens (including phenoxy) is 1. The molecule has 0 aliphatic carbocycles. The third kappa shape index (κ3) is 4.00. The van der Waals surface area contributed by atoms with Gasteiger partial charge in [0.1, 0.15) is 5.75 Å². The van der Waals surface area contributed by atoms with Crippen molar-refractivity contribution in [3.8, 4) is 5.75 Å². The first-order valence-corrected chi connectivity index (χ1v) is 9.99. The van der Waals surface area contributed by atoms with Gasteiger partial charge in [-0.1, -0.05) is 23.7 Å². The van der Waals surface area contributed by atoms with E-state index in [-0.39, 0.29) is 17.3 Å². The molecule has 0 atom stereocenters. The van der Waals surface area contributed by atoms with Gasteiger partial charge >= 0.3 is 0 Å². The Morgan fingerprint density at radius 3 is 2.69 bits per heavy atom. The molecule has 0 aromatic heterocycles. The summed E-state index contributed by atoms with van der Waals surface area (Å²) in [7, 11) is -2.26. The van der Waals surface area contributed by atoms with Crippen molar-refractivity contribution in [1.82, 2.24) is 4.72 Å². The second kappa shape index (κ2) is 7.65. The molecule has 26 heavy (non-hydrogen) atoms. The maximum Gasteiger partial charge on any atom is 0.240 e. The molecule has 2 aromatic carbocycles. The lowest BCUT2D eigenvalue weighted by Crippen LogP contribution is -2.26. The van der Waals surface area contributed by atoms with E-state index >= 15 is 0 Å². The van der Waals surface area contributed by atoms with E-state index < -0.39 is 10.0 Å². The molecule has 1 amide bonds. The van der Waals surface area contributed by atoms with Crippen LogP contribution in [0.2, 0.25) is 5.02 Å². The quantitative estimate of drug-likeness (QED) is 0.817. The summed E-state index contributed by atoms with van der Waals surface area (Å²) >= 11 is 5.92. The number of carbonyl (C=O) groups excluding carboxylic acids is 1. The number of carbonyl (C=O) groups is 1. The molecule has 0 spiro atoms. The van der Waals surface area contributed by atoms with E-state index in [4.69, 9.17) is 16.3 Å². The van der Waals surface area contributed by atoms with Crippen LogP contribution in [0.15, 0.2) is 47.4 Å². The first kappa shape index (κ1) is 18.7. The van der Waals surface area contributed by atoms with E-state index in [9.17, 15) is 13.2 Å². The Morgan fingerprint density at radius 1 is 1.23 bits per heavy atom. The van der Waals surface area contributed by atoms with Crippen LogP contribution in [0.25, 0.3) is 0 Å². The molecule has 0 radical (unpaired) electrons. The topological polar surface area (TPSA) is 75.7 Å². The standard InChI is InChI=1S/C18H19ClN2O4S/c1-25-17-8-7-15(11-16(17)21-9-3-6-18(21)22)26(23,24)20-12-13-4-2-5-14(19)10-13/h2,4-5,7-8,10-11,20H,3,6,9,12H2,1H3. The number of rotatable bonds is 6. The number of halogens is 1. The number of nitrogens with one attached hydrogen (secondary N) is 1. The molecule has 1 fully saturated rings. The SMILES string of the molecule is COc1ccc(S(=O)(=O)NCc2cccc(Cl)c2)cc1N1CCCC1=O. The molecule has 1 aliphatic rings. The Labute approximate surface area is 157 Å². The largest absolute Gasteiger partial charge is 0.495 e. The van der Waals surface area contributed by atoms with Crippen LogP contribution in [0, 0.1) is 0 Å². The maximum atomic E-state index is 12.7. The van der Waals surface area contributed by atoms with Crippen molar-refractivity contribution in [2.75, 3.05) is 18.6 Å². The highest BCUT2D eigenvalue weighted by Crippen LogP contribution is 2.33. The number of benzene rings is 2. The highest BCUT2D eigenvalue weighted by molar-refractivity contribution is 7.89. The van der Waals surface area contributed by atoms with Gasteiger partial charge in [-0.3, -0.25) is 4.79 Å². The van der Waals surface area contributed by atoms with Gasteiger partial charge in [-0.15, -0.1) is 0 Å². The van der Waals surface area contributed by atoms with E-state index in [1.54, 1.807) is 35.2 Å². The van der Waals surface area contributed by atoms with Crippen molar-refractivity contribution in [3.63, 3.8) is 0 Å². The lowest BCUT2D eigenvalue weighted by atomic mass is 10.2. The van der Waals surface area contributed by atoms with Crippen LogP contribution in [0.3, 0.4) is 0 Å². The maximum absolute atomic E-state index is 12.7. The van der Waals surface area contributed by atoms with Crippen molar-refractivity contribution >= 4 is 33.2 Å². The smallest absolute Gasteiger partial charge is 0.240 e. The normalized spacial score (nSPS) is 14.7. The third-order valence-corrected chi connectivity index (χ3v) is 5.81. The average molecular weight is 395 g/mol. The van der Waals surface area contributed by atoms with Gasteiger partial charge in [-0.25, -0.2) is 13.1 Å². The van der Waals surface area contributed by atoms with Crippen molar-refractivity contribution in [3.05, 3.63) is 53.1 Å². The second-order valence-electron chi connectivity index (χ2n) is 5.94. The number of amides is 1. The summed E-state index contributed by atoms with van der Waals surface area (Å²) < 4.78 is 33.1. The molecule has 8 heteroatoms. The van der Waals surface area contributed by atoms with Gasteiger partial charge in [0, 0.05) is 24.5 Å². The fourth-order valence-corrected chi connectivity index (χ4v) is 4.11. The number of hydrogen-bond acceptors (Lipinski definition) is 4. The van der Waals surface area contributed by atoms with Gasteiger partial charge in [-0.2, -0.15) is 0 Å². The Balaban J connectivity index is 1.86. The lowest BCUT2D eigenvalue weighted by molar-refractivity contribution is -0.117. The van der Waals surface area contributed by atoms with E-state index in [1.807, 2.05) is 0 Å². The monoisotopic (exact) mass is 394 g/mol. The van der Waals surface area contributed by atoms with Gasteiger partial charge in [0.15, 0.2) is 0 Å². The second-order valence-corrected chi connectivity index (χ2v) is 8.14. The molecule has 3 rings (SSSR count). The molecule has 0 saturated carbocycles. The van der Waals surface area contributed by atoms with Gasteiger partial charge in [-0.05, 0) is 42.3 Å². The fraction of sp³-hybridized carbons (Fsp3) is 0.278. The minimum Gasteiger partial charge on any atom is -0.495 e. The van der Waals surface area contributed by atoms with Crippen LogP contribution in [-0.2, 0) is 21.4 Å². The van der Waals surface area contributed by atoms with Crippen molar-refractivity contribution in [2.45, 2.75) is 24.3 Å². The van der Waals surface area contributed by atoms with Crippen LogP contribution >= 0.6 is 11.6 Å². The van der Waals surface area contributed by atoms with Gasteiger partial charge in [0.25, 0.3) is 0 Å². The molecule has 1 N–H and O–H groups in total. The minimum atomic E-state index is -3.75. The zero-order valence-electron chi connectivity index (χ0n) is 14.2. The third-order valence-electron chi connectivity index (χ3n) is 4.18. The summed E-state index contributed by atoms with van der Waals surface area (Å²) in [4.78, 5) is 13.7. The van der Waals surface area contributed by atoms with Crippen molar-refractivity contribution in [2.24, 2.45) is 0 Å². The molecule has 0 bridgehead atoms. The molecular formula is C18H19ClN2O4S. The Kier molecular flexibility index (Phi) is 5.50. The summed E-state index contributed by atoms with van der Waals surface area (Å²) in [5, 5.41) is 0.543. The molecule has 6 nitrogen and oxygen atoms in total. The highest BCUT2D eigenvalue weighted by atomic mass is 35.5. The minimum absolute atomic E-state index is 0.0373. The lowest BCUT2D eigenvalue weighted by Gasteiger charge is -2.20. The molecule has 0 unspecified atom stereocenters. The predicted molar refractivity (Wildman–Crippen MR) is 100 cm³/mol. The summed E-state index contributed by atoms with van der Waals surface area (Å²) in [5.41, 5.74) is 1.23. The van der Waals surface area contributed by atoms with Gasteiger partial charge in [0.05, 0.1) is 17.7 Å². The number of sulfonamides is 1. The molecule has 138 valence electrons. The zero-order chi connectivity index (χ0) is 18.7. The summed E-state index contributed by atoms with van der Waals surface area (Å²) in [6, 6.07) is 11.5. The van der Waals surface area contributed by atoms with E-state index in [0.29, 0.717) is 29.4 Å². The van der Waals surface area contributed by atoms with Gasteiger partial charge in [0.2, 0.25) is 15.9 Å². The van der Waals surface area contributed by atoms with Crippen LogP contribution in [0.4, 0.5) is 5.69 Å². The zero-order valence-corrected chi connectivity index (χ0v) is 15.8. The van der Waals surface area contributed by atoms with Crippen LogP contribution < -0.4 is 14.4 Å². The molecule has 1 aliphatic heterocycles. The Hall–Kier alpha value is -2.09.